The molecule has 1 unspecified atom stereocenters. The fourth-order valence-corrected chi connectivity index (χ4v) is 2.66. The lowest BCUT2D eigenvalue weighted by atomic mass is 9.97. The third kappa shape index (κ3) is 4.96. The van der Waals surface area contributed by atoms with Gasteiger partial charge in [0.2, 0.25) is 5.91 Å². The molecule has 1 amide bonds. The molecule has 0 heterocycles. The van der Waals surface area contributed by atoms with Gasteiger partial charge in [-0.1, -0.05) is 60.1 Å². The number of benzene rings is 2. The number of likely N-dealkylation sites (N-methyl/N-ethyl adjacent to an activating group) is 1. The smallest absolute Gasteiger partial charge is 0.231 e. The van der Waals surface area contributed by atoms with E-state index in [9.17, 15) is 4.79 Å². The van der Waals surface area contributed by atoms with Gasteiger partial charge in [0.15, 0.2) is 0 Å². The standard InChI is InChI=1S/C18H21ClN2O.ClH/c1-2-21(13-15-10-6-7-11-17(15)19)18(22)16(12-20)14-8-4-3-5-9-14;/h3-11,16H,2,12-13,20H2,1H3;1H. The number of amides is 1. The summed E-state index contributed by atoms with van der Waals surface area (Å²) in [5.41, 5.74) is 7.75. The van der Waals surface area contributed by atoms with Crippen LogP contribution in [0.3, 0.4) is 0 Å². The van der Waals surface area contributed by atoms with Crippen molar-refractivity contribution >= 4 is 29.9 Å². The van der Waals surface area contributed by atoms with Crippen molar-refractivity contribution in [3.05, 3.63) is 70.7 Å². The molecular formula is C18H22Cl2N2O. The first-order chi connectivity index (χ1) is 10.7. The zero-order valence-electron chi connectivity index (χ0n) is 13.1. The Kier molecular flexibility index (Phi) is 8.10. The lowest BCUT2D eigenvalue weighted by Crippen LogP contribution is -2.37. The van der Waals surface area contributed by atoms with Crippen LogP contribution in [0.25, 0.3) is 0 Å². The van der Waals surface area contributed by atoms with E-state index in [1.165, 1.54) is 0 Å². The topological polar surface area (TPSA) is 46.3 Å². The Morgan fingerprint density at radius 1 is 1.13 bits per heavy atom. The van der Waals surface area contributed by atoms with Crippen LogP contribution in [-0.2, 0) is 11.3 Å². The predicted molar refractivity (Wildman–Crippen MR) is 98.0 cm³/mol. The molecule has 0 spiro atoms. The van der Waals surface area contributed by atoms with Crippen molar-refractivity contribution < 1.29 is 4.79 Å². The van der Waals surface area contributed by atoms with Gasteiger partial charge in [0.05, 0.1) is 5.92 Å². The second-order valence-electron chi connectivity index (χ2n) is 5.14. The quantitative estimate of drug-likeness (QED) is 0.857. The zero-order valence-corrected chi connectivity index (χ0v) is 14.7. The molecule has 124 valence electrons. The summed E-state index contributed by atoms with van der Waals surface area (Å²) in [6, 6.07) is 17.3. The number of nitrogens with two attached hydrogens (primary N) is 1. The second kappa shape index (κ2) is 9.56. The molecule has 0 saturated carbocycles. The Labute approximate surface area is 148 Å². The fourth-order valence-electron chi connectivity index (χ4n) is 2.46. The van der Waals surface area contributed by atoms with Gasteiger partial charge in [-0.3, -0.25) is 4.79 Å². The van der Waals surface area contributed by atoms with E-state index in [4.69, 9.17) is 17.3 Å². The van der Waals surface area contributed by atoms with E-state index in [-0.39, 0.29) is 24.2 Å². The largest absolute Gasteiger partial charge is 0.338 e. The van der Waals surface area contributed by atoms with E-state index >= 15 is 0 Å². The van der Waals surface area contributed by atoms with Gasteiger partial charge in [0.25, 0.3) is 0 Å². The minimum absolute atomic E-state index is 0. The molecular weight excluding hydrogens is 331 g/mol. The third-order valence-corrected chi connectivity index (χ3v) is 4.12. The van der Waals surface area contributed by atoms with Gasteiger partial charge in [0, 0.05) is 24.7 Å². The van der Waals surface area contributed by atoms with Gasteiger partial charge in [-0.2, -0.15) is 0 Å². The van der Waals surface area contributed by atoms with E-state index in [0.29, 0.717) is 24.7 Å². The molecule has 1 atom stereocenters. The Hall–Kier alpha value is -1.55. The Morgan fingerprint density at radius 2 is 1.74 bits per heavy atom. The van der Waals surface area contributed by atoms with Crippen LogP contribution in [0.4, 0.5) is 0 Å². The number of carbonyl (C=O) groups excluding carboxylic acids is 1. The number of carbonyl (C=O) groups is 1. The van der Waals surface area contributed by atoms with E-state index < -0.39 is 0 Å². The highest BCUT2D eigenvalue weighted by molar-refractivity contribution is 6.31. The minimum atomic E-state index is -0.316. The van der Waals surface area contributed by atoms with Crippen molar-refractivity contribution in [3.63, 3.8) is 0 Å². The predicted octanol–water partition coefficient (Wildman–Crippen LogP) is 3.85. The molecule has 0 fully saturated rings. The van der Waals surface area contributed by atoms with Crippen molar-refractivity contribution in [2.75, 3.05) is 13.1 Å². The highest BCUT2D eigenvalue weighted by Gasteiger charge is 2.24. The van der Waals surface area contributed by atoms with E-state index in [0.717, 1.165) is 11.1 Å². The van der Waals surface area contributed by atoms with Gasteiger partial charge in [-0.15, -0.1) is 12.4 Å². The summed E-state index contributed by atoms with van der Waals surface area (Å²) in [5, 5.41) is 0.678. The summed E-state index contributed by atoms with van der Waals surface area (Å²) in [4.78, 5) is 14.6. The number of nitrogens with zero attached hydrogens (tertiary/aromatic N) is 1. The molecule has 0 radical (unpaired) electrons. The van der Waals surface area contributed by atoms with Crippen LogP contribution in [0.2, 0.25) is 5.02 Å². The molecule has 0 aromatic heterocycles. The Morgan fingerprint density at radius 3 is 2.30 bits per heavy atom. The lowest BCUT2D eigenvalue weighted by molar-refractivity contribution is -0.133. The van der Waals surface area contributed by atoms with Crippen LogP contribution in [0, 0.1) is 0 Å². The van der Waals surface area contributed by atoms with Crippen molar-refractivity contribution in [1.82, 2.24) is 4.90 Å². The fraction of sp³-hybridized carbons (Fsp3) is 0.278. The van der Waals surface area contributed by atoms with Crippen molar-refractivity contribution in [1.29, 1.82) is 0 Å². The van der Waals surface area contributed by atoms with Crippen molar-refractivity contribution in [2.24, 2.45) is 5.73 Å². The summed E-state index contributed by atoms with van der Waals surface area (Å²) in [5.74, 6) is -0.278. The van der Waals surface area contributed by atoms with Gasteiger partial charge in [0.1, 0.15) is 0 Å². The average Bonchev–Trinajstić information content (AvgIpc) is 2.55. The highest BCUT2D eigenvalue weighted by Crippen LogP contribution is 2.21. The normalized spacial score (nSPS) is 11.4. The van der Waals surface area contributed by atoms with Crippen LogP contribution >= 0.6 is 24.0 Å². The van der Waals surface area contributed by atoms with E-state index in [2.05, 4.69) is 0 Å². The first-order valence-electron chi connectivity index (χ1n) is 7.44. The summed E-state index contributed by atoms with van der Waals surface area (Å²) in [6.45, 7) is 3.38. The van der Waals surface area contributed by atoms with Crippen molar-refractivity contribution in [2.45, 2.75) is 19.4 Å². The maximum Gasteiger partial charge on any atom is 0.231 e. The molecule has 23 heavy (non-hydrogen) atoms. The summed E-state index contributed by atoms with van der Waals surface area (Å²) in [6.07, 6.45) is 0. The molecule has 0 aliphatic heterocycles. The molecule has 2 rings (SSSR count). The first kappa shape index (κ1) is 19.5. The lowest BCUT2D eigenvalue weighted by Gasteiger charge is -2.26. The van der Waals surface area contributed by atoms with Gasteiger partial charge in [-0.25, -0.2) is 0 Å². The van der Waals surface area contributed by atoms with E-state index in [1.807, 2.05) is 61.5 Å². The van der Waals surface area contributed by atoms with Crippen LogP contribution in [0.1, 0.15) is 24.0 Å². The summed E-state index contributed by atoms with van der Waals surface area (Å²) in [7, 11) is 0. The maximum atomic E-state index is 12.8. The van der Waals surface area contributed by atoms with Gasteiger partial charge >= 0.3 is 0 Å². The minimum Gasteiger partial charge on any atom is -0.338 e. The molecule has 0 aliphatic rings. The molecule has 0 aliphatic carbocycles. The molecule has 2 N–H and O–H groups in total. The van der Waals surface area contributed by atoms with Crippen LogP contribution in [0.15, 0.2) is 54.6 Å². The SMILES string of the molecule is CCN(Cc1ccccc1Cl)C(=O)C(CN)c1ccccc1.Cl. The van der Waals surface area contributed by atoms with E-state index in [1.54, 1.807) is 4.90 Å². The third-order valence-electron chi connectivity index (χ3n) is 3.75. The second-order valence-corrected chi connectivity index (χ2v) is 5.55. The average molecular weight is 353 g/mol. The molecule has 0 saturated heterocycles. The zero-order chi connectivity index (χ0) is 15.9. The number of hydrogen-bond donors (Lipinski definition) is 1. The van der Waals surface area contributed by atoms with Crippen LogP contribution in [0.5, 0.6) is 0 Å². The number of rotatable bonds is 6. The Balaban J connectivity index is 0.00000264. The van der Waals surface area contributed by atoms with Crippen LogP contribution < -0.4 is 5.73 Å². The summed E-state index contributed by atoms with van der Waals surface area (Å²) >= 11 is 6.20. The van der Waals surface area contributed by atoms with Gasteiger partial charge in [-0.05, 0) is 24.1 Å². The Bertz CT molecular complexity index is 619. The molecule has 3 nitrogen and oxygen atoms in total. The maximum absolute atomic E-state index is 12.8. The highest BCUT2D eigenvalue weighted by atomic mass is 35.5. The van der Waals surface area contributed by atoms with Gasteiger partial charge < -0.3 is 10.6 Å². The molecule has 2 aromatic carbocycles. The molecule has 0 bridgehead atoms. The first-order valence-corrected chi connectivity index (χ1v) is 7.82. The number of halogens is 2. The monoisotopic (exact) mass is 352 g/mol. The molecule has 5 heteroatoms. The van der Waals surface area contributed by atoms with Crippen LogP contribution in [-0.4, -0.2) is 23.9 Å². The molecule has 2 aromatic rings. The van der Waals surface area contributed by atoms with Crippen molar-refractivity contribution in [3.8, 4) is 0 Å². The number of hydrogen-bond acceptors (Lipinski definition) is 2. The summed E-state index contributed by atoms with van der Waals surface area (Å²) < 4.78 is 0.